The topological polar surface area (TPSA) is 83.0 Å². The predicted octanol–water partition coefficient (Wildman–Crippen LogP) is 2.07. The maximum Gasteiger partial charge on any atom is 0.243 e. The average Bonchev–Trinajstić information content (AvgIpc) is 3.43. The zero-order valence-electron chi connectivity index (χ0n) is 16.1. The van der Waals surface area contributed by atoms with Crippen molar-refractivity contribution in [3.8, 4) is 0 Å². The van der Waals surface area contributed by atoms with E-state index < -0.39 is 10.0 Å². The molecule has 156 valence electrons. The largest absolute Gasteiger partial charge is 0.373 e. The number of benzene rings is 1. The lowest BCUT2D eigenvalue weighted by Crippen LogP contribution is -2.47. The van der Waals surface area contributed by atoms with E-state index in [0.717, 1.165) is 37.2 Å². The maximum absolute atomic E-state index is 12.6. The van der Waals surface area contributed by atoms with E-state index in [1.165, 1.54) is 6.42 Å². The van der Waals surface area contributed by atoms with Crippen LogP contribution >= 0.6 is 24.0 Å². The van der Waals surface area contributed by atoms with E-state index >= 15 is 0 Å². The molecule has 4 rings (SSSR count). The van der Waals surface area contributed by atoms with Crippen LogP contribution in [0.4, 0.5) is 0 Å². The van der Waals surface area contributed by atoms with E-state index in [-0.39, 0.29) is 24.0 Å². The molecule has 2 bridgehead atoms. The third kappa shape index (κ3) is 4.63. The Morgan fingerprint density at radius 1 is 1.21 bits per heavy atom. The Balaban J connectivity index is 0.00000225. The molecule has 0 radical (unpaired) electrons. The number of guanidine groups is 1. The number of hydrogen-bond acceptors (Lipinski definition) is 4. The first-order valence-corrected chi connectivity index (χ1v) is 11.2. The van der Waals surface area contributed by atoms with Gasteiger partial charge in [-0.25, -0.2) is 8.42 Å². The van der Waals surface area contributed by atoms with Gasteiger partial charge >= 0.3 is 0 Å². The molecule has 3 heterocycles. The quantitative estimate of drug-likeness (QED) is 0.353. The van der Waals surface area contributed by atoms with Gasteiger partial charge in [-0.15, -0.1) is 24.0 Å². The lowest BCUT2D eigenvalue weighted by Gasteiger charge is -2.22. The van der Waals surface area contributed by atoms with Gasteiger partial charge < -0.3 is 15.4 Å². The Kier molecular flexibility index (Phi) is 7.21. The summed E-state index contributed by atoms with van der Waals surface area (Å²) in [5.41, 5.74) is 1.02. The molecule has 28 heavy (non-hydrogen) atoms. The third-order valence-corrected chi connectivity index (χ3v) is 7.65. The molecule has 9 heteroatoms. The van der Waals surface area contributed by atoms with E-state index in [4.69, 9.17) is 4.74 Å². The van der Waals surface area contributed by atoms with Crippen LogP contribution in [0.3, 0.4) is 0 Å². The highest BCUT2D eigenvalue weighted by Crippen LogP contribution is 2.34. The molecule has 0 aliphatic carbocycles. The Bertz CT molecular complexity index is 794. The second kappa shape index (κ2) is 9.27. The van der Waals surface area contributed by atoms with Gasteiger partial charge in [0.25, 0.3) is 0 Å². The van der Waals surface area contributed by atoms with E-state index in [1.807, 2.05) is 12.1 Å². The van der Waals surface area contributed by atoms with Gasteiger partial charge in [0, 0.05) is 26.7 Å². The van der Waals surface area contributed by atoms with Crippen molar-refractivity contribution in [2.24, 2.45) is 4.99 Å². The van der Waals surface area contributed by atoms with Gasteiger partial charge in [0.15, 0.2) is 5.96 Å². The summed E-state index contributed by atoms with van der Waals surface area (Å²) in [6, 6.07) is 7.45. The molecular weight excluding hydrogens is 491 g/mol. The number of nitrogens with zero attached hydrogens (tertiary/aromatic N) is 2. The van der Waals surface area contributed by atoms with Crippen LogP contribution in [0.2, 0.25) is 0 Å². The highest BCUT2D eigenvalue weighted by atomic mass is 127. The number of rotatable bonds is 5. The molecule has 0 amide bonds. The van der Waals surface area contributed by atoms with Crippen molar-refractivity contribution in [2.45, 2.75) is 61.8 Å². The minimum Gasteiger partial charge on any atom is -0.373 e. The van der Waals surface area contributed by atoms with Gasteiger partial charge in [0.05, 0.1) is 23.1 Å². The van der Waals surface area contributed by atoms with E-state index in [1.54, 1.807) is 23.5 Å². The molecule has 3 aliphatic rings. The summed E-state index contributed by atoms with van der Waals surface area (Å²) in [5.74, 6) is 0.755. The summed E-state index contributed by atoms with van der Waals surface area (Å²) < 4.78 is 32.6. The summed E-state index contributed by atoms with van der Waals surface area (Å²) in [6.07, 6.45) is 5.91. The summed E-state index contributed by atoms with van der Waals surface area (Å²) in [5, 5.41) is 6.76. The van der Waals surface area contributed by atoms with Crippen molar-refractivity contribution >= 4 is 40.0 Å². The number of fused-ring (bicyclic) bond motifs is 2. The smallest absolute Gasteiger partial charge is 0.243 e. The fraction of sp³-hybridized carbons (Fsp3) is 0.632. The van der Waals surface area contributed by atoms with E-state index in [2.05, 4.69) is 15.6 Å². The molecule has 0 aromatic heterocycles. The van der Waals surface area contributed by atoms with Gasteiger partial charge in [-0.3, -0.25) is 4.99 Å². The van der Waals surface area contributed by atoms with Crippen LogP contribution in [0, 0.1) is 0 Å². The number of hydrogen-bond donors (Lipinski definition) is 2. The second-order valence-corrected chi connectivity index (χ2v) is 9.48. The first kappa shape index (κ1) is 21.8. The zero-order chi connectivity index (χ0) is 18.9. The molecule has 0 spiro atoms. The maximum atomic E-state index is 12.6. The van der Waals surface area contributed by atoms with E-state index in [9.17, 15) is 8.42 Å². The number of sulfonamides is 1. The molecular formula is C19H29IN4O3S. The van der Waals surface area contributed by atoms with Crippen LogP contribution in [-0.2, 0) is 21.3 Å². The Hall–Kier alpha value is -0.910. The SMILES string of the molecule is CN=C(NCc1ccc(S(=O)(=O)N2CCCC2)cc1)NC1CC2CCC1O2.I. The normalized spacial score (nSPS) is 27.6. The molecule has 3 aliphatic heterocycles. The second-order valence-electron chi connectivity index (χ2n) is 7.54. The molecule has 3 atom stereocenters. The average molecular weight is 520 g/mol. The monoisotopic (exact) mass is 520 g/mol. The number of aliphatic imine (C=N–C) groups is 1. The van der Waals surface area contributed by atoms with Crippen molar-refractivity contribution in [1.29, 1.82) is 0 Å². The molecule has 3 unspecified atom stereocenters. The third-order valence-electron chi connectivity index (χ3n) is 5.74. The first-order chi connectivity index (χ1) is 13.1. The molecule has 1 aromatic rings. The van der Waals surface area contributed by atoms with Gasteiger partial charge in [-0.05, 0) is 49.8 Å². The van der Waals surface area contributed by atoms with Crippen LogP contribution in [0.25, 0.3) is 0 Å². The van der Waals surface area contributed by atoms with Crippen molar-refractivity contribution in [3.63, 3.8) is 0 Å². The van der Waals surface area contributed by atoms with Crippen LogP contribution < -0.4 is 10.6 Å². The predicted molar refractivity (Wildman–Crippen MR) is 119 cm³/mol. The van der Waals surface area contributed by atoms with Gasteiger partial charge in [-0.2, -0.15) is 4.31 Å². The molecule has 0 saturated carbocycles. The standard InChI is InChI=1S/C19H28N4O3S.HI/c1-20-19(22-17-12-15-6-9-18(17)26-15)21-13-14-4-7-16(8-5-14)27(24,25)23-10-2-3-11-23;/h4-5,7-8,15,17-18H,2-3,6,9-13H2,1H3,(H2,20,21,22);1H. The number of ether oxygens (including phenoxy) is 1. The summed E-state index contributed by atoms with van der Waals surface area (Å²) in [7, 11) is -1.59. The molecule has 3 saturated heterocycles. The Morgan fingerprint density at radius 3 is 2.50 bits per heavy atom. The lowest BCUT2D eigenvalue weighted by molar-refractivity contribution is 0.0992. The van der Waals surface area contributed by atoms with Crippen molar-refractivity contribution < 1.29 is 13.2 Å². The van der Waals surface area contributed by atoms with Crippen LogP contribution in [0.15, 0.2) is 34.2 Å². The zero-order valence-corrected chi connectivity index (χ0v) is 19.3. The summed E-state index contributed by atoms with van der Waals surface area (Å²) in [6.45, 7) is 1.84. The molecule has 3 fully saturated rings. The van der Waals surface area contributed by atoms with E-state index in [0.29, 0.717) is 42.8 Å². The molecule has 7 nitrogen and oxygen atoms in total. The van der Waals surface area contributed by atoms with Crippen molar-refractivity contribution in [1.82, 2.24) is 14.9 Å². The highest BCUT2D eigenvalue weighted by molar-refractivity contribution is 14.0. The first-order valence-electron chi connectivity index (χ1n) is 9.78. The van der Waals surface area contributed by atoms with Crippen LogP contribution in [0.5, 0.6) is 0 Å². The van der Waals surface area contributed by atoms with Crippen molar-refractivity contribution in [2.75, 3.05) is 20.1 Å². The van der Waals surface area contributed by atoms with Gasteiger partial charge in [-0.1, -0.05) is 12.1 Å². The fourth-order valence-corrected chi connectivity index (χ4v) is 5.72. The Morgan fingerprint density at radius 2 is 1.93 bits per heavy atom. The van der Waals surface area contributed by atoms with Gasteiger partial charge in [0.1, 0.15) is 0 Å². The van der Waals surface area contributed by atoms with Crippen LogP contribution in [-0.4, -0.2) is 57.1 Å². The minimum atomic E-state index is -3.35. The summed E-state index contributed by atoms with van der Waals surface area (Å²) >= 11 is 0. The molecule has 2 N–H and O–H groups in total. The molecule has 1 aromatic carbocycles. The minimum absolute atomic E-state index is 0. The lowest BCUT2D eigenvalue weighted by atomic mass is 9.96. The summed E-state index contributed by atoms with van der Waals surface area (Å²) in [4.78, 5) is 4.67. The number of nitrogens with one attached hydrogen (secondary N) is 2. The van der Waals surface area contributed by atoms with Gasteiger partial charge in [0.2, 0.25) is 10.0 Å². The fourth-order valence-electron chi connectivity index (χ4n) is 4.20. The Labute approximate surface area is 184 Å². The van der Waals surface area contributed by atoms with Crippen molar-refractivity contribution in [3.05, 3.63) is 29.8 Å². The highest BCUT2D eigenvalue weighted by Gasteiger charge is 2.41. The van der Waals surface area contributed by atoms with Crippen LogP contribution in [0.1, 0.15) is 37.7 Å². The number of halogens is 1.